The summed E-state index contributed by atoms with van der Waals surface area (Å²) in [5.41, 5.74) is 1.94. The number of fused-ring (bicyclic) bond motifs is 1. The molecule has 144 valence electrons. The van der Waals surface area contributed by atoms with E-state index in [0.29, 0.717) is 47.6 Å². The predicted molar refractivity (Wildman–Crippen MR) is 107 cm³/mol. The first-order valence-corrected chi connectivity index (χ1v) is 8.94. The number of ether oxygens (including phenoxy) is 2. The highest BCUT2D eigenvalue weighted by Crippen LogP contribution is 2.33. The first-order chi connectivity index (χ1) is 14.1. The zero-order valence-electron chi connectivity index (χ0n) is 15.6. The van der Waals surface area contributed by atoms with Crippen molar-refractivity contribution < 1.29 is 14.3 Å². The quantitative estimate of drug-likeness (QED) is 0.706. The van der Waals surface area contributed by atoms with Gasteiger partial charge in [-0.2, -0.15) is 5.26 Å². The molecule has 2 heterocycles. The first kappa shape index (κ1) is 18.3. The lowest BCUT2D eigenvalue weighted by Crippen LogP contribution is -2.16. The molecular formula is C21H17N5O3. The van der Waals surface area contributed by atoms with Crippen LogP contribution in [0.25, 0.3) is 0 Å². The highest BCUT2D eigenvalue weighted by Gasteiger charge is 2.14. The molecule has 1 aliphatic rings. The molecule has 4 rings (SSSR count). The lowest BCUT2D eigenvalue weighted by atomic mass is 10.2. The molecule has 2 N–H and O–H groups in total. The summed E-state index contributed by atoms with van der Waals surface area (Å²) >= 11 is 0. The van der Waals surface area contributed by atoms with Gasteiger partial charge < -0.3 is 20.1 Å². The fourth-order valence-corrected chi connectivity index (χ4v) is 2.88. The highest BCUT2D eigenvalue weighted by molar-refractivity contribution is 6.03. The van der Waals surface area contributed by atoms with Crippen LogP contribution in [-0.4, -0.2) is 29.1 Å². The van der Waals surface area contributed by atoms with E-state index in [1.165, 1.54) is 0 Å². The van der Waals surface area contributed by atoms with E-state index in [2.05, 4.69) is 20.6 Å². The van der Waals surface area contributed by atoms with Crippen LogP contribution in [0.2, 0.25) is 0 Å². The number of benzene rings is 2. The molecule has 0 aliphatic carbocycles. The highest BCUT2D eigenvalue weighted by atomic mass is 16.6. The van der Waals surface area contributed by atoms with Gasteiger partial charge in [0, 0.05) is 23.5 Å². The van der Waals surface area contributed by atoms with Gasteiger partial charge in [-0.05, 0) is 37.3 Å². The van der Waals surface area contributed by atoms with Crippen molar-refractivity contribution in [2.75, 3.05) is 23.8 Å². The van der Waals surface area contributed by atoms with Gasteiger partial charge in [-0.15, -0.1) is 0 Å². The Hall–Kier alpha value is -4.12. The lowest BCUT2D eigenvalue weighted by Gasteiger charge is -2.19. The second-order valence-corrected chi connectivity index (χ2v) is 6.32. The van der Waals surface area contributed by atoms with Gasteiger partial charge in [0.1, 0.15) is 30.5 Å². The van der Waals surface area contributed by atoms with Crippen molar-refractivity contribution in [2.24, 2.45) is 0 Å². The number of hydrogen-bond acceptors (Lipinski definition) is 7. The van der Waals surface area contributed by atoms with Crippen LogP contribution in [0.1, 0.15) is 21.9 Å². The predicted octanol–water partition coefficient (Wildman–Crippen LogP) is 3.42. The molecule has 3 aromatic rings. The average molecular weight is 387 g/mol. The molecule has 8 heteroatoms. The van der Waals surface area contributed by atoms with E-state index in [1.807, 2.05) is 24.3 Å². The van der Waals surface area contributed by atoms with E-state index < -0.39 is 5.91 Å². The van der Waals surface area contributed by atoms with E-state index in [9.17, 15) is 4.79 Å². The summed E-state index contributed by atoms with van der Waals surface area (Å²) in [5.74, 6) is 1.88. The fourth-order valence-electron chi connectivity index (χ4n) is 2.88. The molecule has 29 heavy (non-hydrogen) atoms. The number of aromatic nitrogens is 2. The number of nitriles is 1. The summed E-state index contributed by atoms with van der Waals surface area (Å²) in [6.45, 7) is 2.74. The Morgan fingerprint density at radius 1 is 1.03 bits per heavy atom. The molecule has 0 saturated carbocycles. The van der Waals surface area contributed by atoms with Crippen molar-refractivity contribution in [3.8, 4) is 17.6 Å². The van der Waals surface area contributed by atoms with Crippen molar-refractivity contribution in [3.05, 3.63) is 65.6 Å². The minimum Gasteiger partial charge on any atom is -0.486 e. The number of aryl methyl sites for hydroxylation is 1. The zero-order chi connectivity index (χ0) is 20.2. The van der Waals surface area contributed by atoms with E-state index >= 15 is 0 Å². The van der Waals surface area contributed by atoms with Gasteiger partial charge in [0.15, 0.2) is 11.5 Å². The van der Waals surface area contributed by atoms with Gasteiger partial charge >= 0.3 is 0 Å². The van der Waals surface area contributed by atoms with Gasteiger partial charge in [-0.1, -0.05) is 6.07 Å². The number of carbonyl (C=O) groups excluding carboxylic acids is 1. The van der Waals surface area contributed by atoms with Crippen molar-refractivity contribution in [3.63, 3.8) is 0 Å². The molecule has 1 amide bonds. The third-order valence-corrected chi connectivity index (χ3v) is 4.13. The number of nitrogens with one attached hydrogen (secondary N) is 2. The molecule has 0 saturated heterocycles. The largest absolute Gasteiger partial charge is 0.486 e. The summed E-state index contributed by atoms with van der Waals surface area (Å²) in [6.07, 6.45) is 0. The number of rotatable bonds is 4. The Kier molecular flexibility index (Phi) is 4.95. The second kappa shape index (κ2) is 7.86. The normalized spacial score (nSPS) is 12.0. The minimum atomic E-state index is -0.393. The van der Waals surface area contributed by atoms with Crippen LogP contribution < -0.4 is 20.1 Å². The molecule has 0 unspecified atom stereocenters. The maximum Gasteiger partial charge on any atom is 0.274 e. The first-order valence-electron chi connectivity index (χ1n) is 8.94. The van der Waals surface area contributed by atoms with Gasteiger partial charge in [-0.25, -0.2) is 9.97 Å². The van der Waals surface area contributed by atoms with Crippen LogP contribution in [-0.2, 0) is 0 Å². The van der Waals surface area contributed by atoms with E-state index in [0.717, 1.165) is 5.69 Å². The Bertz CT molecular complexity index is 1120. The van der Waals surface area contributed by atoms with E-state index in [1.54, 1.807) is 37.3 Å². The maximum absolute atomic E-state index is 12.6. The average Bonchev–Trinajstić information content (AvgIpc) is 2.73. The third kappa shape index (κ3) is 4.25. The van der Waals surface area contributed by atoms with E-state index in [4.69, 9.17) is 14.7 Å². The van der Waals surface area contributed by atoms with Crippen LogP contribution in [0.3, 0.4) is 0 Å². The SMILES string of the molecule is Cc1nc(Nc2ccc3c(c2)OCCO3)cc(C(=O)Nc2cccc(C#N)c2)n1. The molecule has 0 bridgehead atoms. The Morgan fingerprint density at radius 3 is 2.69 bits per heavy atom. The number of anilines is 3. The standard InChI is InChI=1S/C21H17N5O3/c1-13-23-17(21(27)26-15-4-2-3-14(9-15)12-22)11-20(24-13)25-16-5-6-18-19(10-16)29-8-7-28-18/h2-6,9-11H,7-8H2,1H3,(H,26,27)(H,23,24,25). The van der Waals surface area contributed by atoms with Crippen LogP contribution >= 0.6 is 0 Å². The molecular weight excluding hydrogens is 370 g/mol. The molecule has 1 aliphatic heterocycles. The van der Waals surface area contributed by atoms with Crippen LogP contribution in [0.5, 0.6) is 11.5 Å². The second-order valence-electron chi connectivity index (χ2n) is 6.32. The number of hydrogen-bond donors (Lipinski definition) is 2. The smallest absolute Gasteiger partial charge is 0.274 e. The molecule has 1 aromatic heterocycles. The summed E-state index contributed by atoms with van der Waals surface area (Å²) in [4.78, 5) is 21.2. The minimum absolute atomic E-state index is 0.208. The van der Waals surface area contributed by atoms with Gasteiger partial charge in [0.2, 0.25) is 0 Å². The third-order valence-electron chi connectivity index (χ3n) is 4.13. The summed E-state index contributed by atoms with van der Waals surface area (Å²) < 4.78 is 11.1. The Labute approximate surface area is 167 Å². The maximum atomic E-state index is 12.6. The monoisotopic (exact) mass is 387 g/mol. The Morgan fingerprint density at radius 2 is 1.86 bits per heavy atom. The van der Waals surface area contributed by atoms with Crippen molar-refractivity contribution in [1.29, 1.82) is 5.26 Å². The molecule has 2 aromatic carbocycles. The molecule has 0 atom stereocenters. The fraction of sp³-hybridized carbons (Fsp3) is 0.143. The topological polar surface area (TPSA) is 109 Å². The van der Waals surface area contributed by atoms with Gasteiger partial charge in [-0.3, -0.25) is 4.79 Å². The van der Waals surface area contributed by atoms with Crippen molar-refractivity contribution >= 4 is 23.1 Å². The molecule has 0 spiro atoms. The summed E-state index contributed by atoms with van der Waals surface area (Å²) in [5, 5.41) is 14.9. The van der Waals surface area contributed by atoms with Crippen molar-refractivity contribution in [2.45, 2.75) is 6.92 Å². The molecule has 0 radical (unpaired) electrons. The molecule has 0 fully saturated rings. The number of nitrogens with zero attached hydrogens (tertiary/aromatic N) is 3. The van der Waals surface area contributed by atoms with Crippen LogP contribution in [0, 0.1) is 18.3 Å². The summed E-state index contributed by atoms with van der Waals surface area (Å²) in [6, 6.07) is 15.8. The number of carbonyl (C=O) groups is 1. The number of amides is 1. The zero-order valence-corrected chi connectivity index (χ0v) is 15.6. The van der Waals surface area contributed by atoms with Crippen LogP contribution in [0.4, 0.5) is 17.2 Å². The van der Waals surface area contributed by atoms with Gasteiger partial charge in [0.25, 0.3) is 5.91 Å². The summed E-state index contributed by atoms with van der Waals surface area (Å²) in [7, 11) is 0. The van der Waals surface area contributed by atoms with Crippen LogP contribution in [0.15, 0.2) is 48.5 Å². The van der Waals surface area contributed by atoms with Gasteiger partial charge in [0.05, 0.1) is 11.6 Å². The van der Waals surface area contributed by atoms with Crippen molar-refractivity contribution in [1.82, 2.24) is 9.97 Å². The Balaban J connectivity index is 1.54. The lowest BCUT2D eigenvalue weighted by molar-refractivity contribution is 0.102. The molecule has 8 nitrogen and oxygen atoms in total. The van der Waals surface area contributed by atoms with E-state index in [-0.39, 0.29) is 5.69 Å².